The Labute approximate surface area is 163 Å². The first-order chi connectivity index (χ1) is 13.6. The van der Waals surface area contributed by atoms with Crippen molar-refractivity contribution in [3.05, 3.63) is 59.8 Å². The van der Waals surface area contributed by atoms with Gasteiger partial charge in [-0.3, -0.25) is 9.59 Å². The summed E-state index contributed by atoms with van der Waals surface area (Å²) < 4.78 is 23.6. The van der Waals surface area contributed by atoms with Crippen LogP contribution in [0.4, 0.5) is 4.39 Å². The lowest BCUT2D eigenvalue weighted by molar-refractivity contribution is -0.138. The average Bonchev–Trinajstić information content (AvgIpc) is 3.24. The lowest BCUT2D eigenvalue weighted by Gasteiger charge is -2.34. The fourth-order valence-electron chi connectivity index (χ4n) is 3.42. The number of hydrogen-bond acceptors (Lipinski definition) is 4. The lowest BCUT2D eigenvalue weighted by atomic mass is 9.94. The smallest absolute Gasteiger partial charge is 0.253 e. The van der Waals surface area contributed by atoms with Gasteiger partial charge in [0.2, 0.25) is 5.91 Å². The number of likely N-dealkylation sites (tertiary alicyclic amines) is 1. The van der Waals surface area contributed by atoms with Crippen LogP contribution in [0.2, 0.25) is 0 Å². The van der Waals surface area contributed by atoms with Crippen molar-refractivity contribution in [2.24, 2.45) is 5.92 Å². The van der Waals surface area contributed by atoms with Gasteiger partial charge < -0.3 is 19.0 Å². The van der Waals surface area contributed by atoms with E-state index in [1.54, 1.807) is 29.2 Å². The summed E-state index contributed by atoms with van der Waals surface area (Å²) in [5, 5.41) is 0. The molecule has 1 aromatic heterocycles. The van der Waals surface area contributed by atoms with Crippen LogP contribution < -0.4 is 0 Å². The maximum atomic E-state index is 13.0. The van der Waals surface area contributed by atoms with Crippen molar-refractivity contribution in [2.75, 3.05) is 33.4 Å². The van der Waals surface area contributed by atoms with E-state index in [0.717, 1.165) is 5.76 Å². The Bertz CT molecular complexity index is 768. The van der Waals surface area contributed by atoms with Gasteiger partial charge in [-0.25, -0.2) is 4.39 Å². The van der Waals surface area contributed by atoms with E-state index in [-0.39, 0.29) is 23.5 Å². The van der Waals surface area contributed by atoms with Crippen molar-refractivity contribution in [1.82, 2.24) is 9.80 Å². The van der Waals surface area contributed by atoms with Crippen LogP contribution in [0, 0.1) is 11.7 Å². The molecule has 2 aromatic rings. The molecule has 0 saturated carbocycles. The maximum Gasteiger partial charge on any atom is 0.253 e. The van der Waals surface area contributed by atoms with E-state index >= 15 is 0 Å². The SMILES string of the molecule is COCCN(Cc1ccco1)C(=O)C1CCN(C(=O)c2ccc(F)cc2)CC1. The molecule has 6 nitrogen and oxygen atoms in total. The fourth-order valence-corrected chi connectivity index (χ4v) is 3.42. The van der Waals surface area contributed by atoms with Crippen LogP contribution >= 0.6 is 0 Å². The third-order valence-corrected chi connectivity index (χ3v) is 5.03. The molecule has 28 heavy (non-hydrogen) atoms. The second-order valence-electron chi connectivity index (χ2n) is 6.91. The summed E-state index contributed by atoms with van der Waals surface area (Å²) >= 11 is 0. The molecule has 1 aliphatic heterocycles. The van der Waals surface area contributed by atoms with E-state index < -0.39 is 0 Å². The number of rotatable bonds is 7. The number of amides is 2. The minimum Gasteiger partial charge on any atom is -0.467 e. The Balaban J connectivity index is 1.57. The number of nitrogens with zero attached hydrogens (tertiary/aromatic N) is 2. The number of hydrogen-bond donors (Lipinski definition) is 0. The summed E-state index contributed by atoms with van der Waals surface area (Å²) in [5.74, 6) is 0.158. The Morgan fingerprint density at radius 2 is 1.93 bits per heavy atom. The van der Waals surface area contributed by atoms with Gasteiger partial charge in [0.1, 0.15) is 11.6 Å². The van der Waals surface area contributed by atoms with Gasteiger partial charge in [-0.2, -0.15) is 0 Å². The monoisotopic (exact) mass is 388 g/mol. The fraction of sp³-hybridized carbons (Fsp3) is 0.429. The molecule has 0 atom stereocenters. The van der Waals surface area contributed by atoms with E-state index in [1.807, 2.05) is 6.07 Å². The highest BCUT2D eigenvalue weighted by Crippen LogP contribution is 2.22. The number of ether oxygens (including phenoxy) is 1. The second-order valence-corrected chi connectivity index (χ2v) is 6.91. The first-order valence-corrected chi connectivity index (χ1v) is 9.43. The van der Waals surface area contributed by atoms with Crippen molar-refractivity contribution >= 4 is 11.8 Å². The standard InChI is InChI=1S/C21H25FN2O4/c1-27-14-12-24(15-19-3-2-13-28-19)21(26)17-8-10-23(11-9-17)20(25)16-4-6-18(22)7-5-16/h2-7,13,17H,8-12,14-15H2,1H3. The predicted molar refractivity (Wildman–Crippen MR) is 101 cm³/mol. The topological polar surface area (TPSA) is 63.0 Å². The highest BCUT2D eigenvalue weighted by atomic mass is 19.1. The zero-order valence-corrected chi connectivity index (χ0v) is 16.0. The van der Waals surface area contributed by atoms with Crippen LogP contribution in [0.5, 0.6) is 0 Å². The molecule has 150 valence electrons. The average molecular weight is 388 g/mol. The zero-order valence-electron chi connectivity index (χ0n) is 16.0. The summed E-state index contributed by atoms with van der Waals surface area (Å²) in [6.07, 6.45) is 2.80. The van der Waals surface area contributed by atoms with Crippen molar-refractivity contribution in [1.29, 1.82) is 0 Å². The van der Waals surface area contributed by atoms with Gasteiger partial charge in [-0.15, -0.1) is 0 Å². The van der Waals surface area contributed by atoms with Crippen molar-refractivity contribution in [2.45, 2.75) is 19.4 Å². The third kappa shape index (κ3) is 4.98. The van der Waals surface area contributed by atoms with Crippen molar-refractivity contribution in [3.63, 3.8) is 0 Å². The van der Waals surface area contributed by atoms with Crippen LogP contribution in [-0.2, 0) is 16.1 Å². The molecule has 1 aliphatic rings. The number of carbonyl (C=O) groups is 2. The normalized spacial score (nSPS) is 14.9. The van der Waals surface area contributed by atoms with Crippen LogP contribution in [0.25, 0.3) is 0 Å². The zero-order chi connectivity index (χ0) is 19.9. The second kappa shape index (κ2) is 9.50. The van der Waals surface area contributed by atoms with E-state index in [1.165, 1.54) is 24.3 Å². The van der Waals surface area contributed by atoms with E-state index in [4.69, 9.17) is 9.15 Å². The molecule has 3 rings (SSSR count). The minimum atomic E-state index is -0.367. The Kier molecular flexibility index (Phi) is 6.81. The molecule has 7 heteroatoms. The first kappa shape index (κ1) is 20.1. The number of furan rings is 1. The molecule has 1 aromatic carbocycles. The van der Waals surface area contributed by atoms with Crippen LogP contribution in [0.3, 0.4) is 0 Å². The van der Waals surface area contributed by atoms with Crippen LogP contribution in [0.15, 0.2) is 47.1 Å². The molecule has 0 N–H and O–H groups in total. The predicted octanol–water partition coefficient (Wildman–Crippen LogP) is 2.95. The molecule has 0 spiro atoms. The molecule has 0 unspecified atom stereocenters. The molecule has 2 heterocycles. The van der Waals surface area contributed by atoms with Crippen LogP contribution in [0.1, 0.15) is 29.0 Å². The Morgan fingerprint density at radius 3 is 2.54 bits per heavy atom. The first-order valence-electron chi connectivity index (χ1n) is 9.43. The third-order valence-electron chi connectivity index (χ3n) is 5.03. The van der Waals surface area contributed by atoms with Crippen molar-refractivity contribution in [3.8, 4) is 0 Å². The van der Waals surface area contributed by atoms with Gasteiger partial charge in [0.25, 0.3) is 5.91 Å². The number of benzene rings is 1. The molecule has 2 amide bonds. The van der Waals surface area contributed by atoms with Crippen LogP contribution in [-0.4, -0.2) is 55.0 Å². The molecular weight excluding hydrogens is 363 g/mol. The van der Waals surface area contributed by atoms with Crippen molar-refractivity contribution < 1.29 is 23.1 Å². The maximum absolute atomic E-state index is 13.0. The summed E-state index contributed by atoms with van der Waals surface area (Å²) in [7, 11) is 1.61. The highest BCUT2D eigenvalue weighted by molar-refractivity contribution is 5.94. The molecular formula is C21H25FN2O4. The van der Waals surface area contributed by atoms with Gasteiger partial charge in [0.05, 0.1) is 19.4 Å². The summed E-state index contributed by atoms with van der Waals surface area (Å²) in [6, 6.07) is 9.19. The van der Waals surface area contributed by atoms with Gasteiger partial charge in [-0.05, 0) is 49.2 Å². The number of halogens is 1. The summed E-state index contributed by atoms with van der Waals surface area (Å²) in [6.45, 7) is 2.36. The van der Waals surface area contributed by atoms with Gasteiger partial charge in [-0.1, -0.05) is 0 Å². The number of methoxy groups -OCH3 is 1. The summed E-state index contributed by atoms with van der Waals surface area (Å²) in [5.41, 5.74) is 0.464. The summed E-state index contributed by atoms with van der Waals surface area (Å²) in [4.78, 5) is 29.0. The largest absolute Gasteiger partial charge is 0.467 e. The van der Waals surface area contributed by atoms with E-state index in [2.05, 4.69) is 0 Å². The molecule has 1 saturated heterocycles. The van der Waals surface area contributed by atoms with Gasteiger partial charge in [0.15, 0.2) is 0 Å². The Hall–Kier alpha value is -2.67. The Morgan fingerprint density at radius 1 is 1.21 bits per heavy atom. The lowest BCUT2D eigenvalue weighted by Crippen LogP contribution is -2.45. The van der Waals surface area contributed by atoms with E-state index in [0.29, 0.717) is 51.2 Å². The van der Waals surface area contributed by atoms with E-state index in [9.17, 15) is 14.0 Å². The molecule has 0 aliphatic carbocycles. The van der Waals surface area contributed by atoms with Gasteiger partial charge >= 0.3 is 0 Å². The molecule has 1 fully saturated rings. The van der Waals surface area contributed by atoms with Gasteiger partial charge in [0, 0.05) is 38.2 Å². The number of carbonyl (C=O) groups excluding carboxylic acids is 2. The molecule has 0 bridgehead atoms. The quantitative estimate of drug-likeness (QED) is 0.732. The highest BCUT2D eigenvalue weighted by Gasteiger charge is 2.30. The minimum absolute atomic E-state index is 0.0577. The molecule has 0 radical (unpaired) electrons. The number of piperidine rings is 1.